The summed E-state index contributed by atoms with van der Waals surface area (Å²) in [6.45, 7) is 5.08. The summed E-state index contributed by atoms with van der Waals surface area (Å²) in [6.07, 6.45) is 0.562. The molecule has 1 aromatic carbocycles. The summed E-state index contributed by atoms with van der Waals surface area (Å²) in [5.74, 6) is 0. The smallest absolute Gasteiger partial charge is 0.241 e. The molecule has 0 amide bonds. The van der Waals surface area contributed by atoms with Crippen LogP contribution >= 0.6 is 0 Å². The molecule has 1 fully saturated rings. The van der Waals surface area contributed by atoms with E-state index in [4.69, 9.17) is 4.74 Å². The highest BCUT2D eigenvalue weighted by Crippen LogP contribution is 2.27. The van der Waals surface area contributed by atoms with Gasteiger partial charge in [0.25, 0.3) is 0 Å². The maximum absolute atomic E-state index is 12.4. The van der Waals surface area contributed by atoms with Crippen LogP contribution in [0.2, 0.25) is 0 Å². The highest BCUT2D eigenvalue weighted by atomic mass is 32.2. The van der Waals surface area contributed by atoms with E-state index in [9.17, 15) is 8.42 Å². The summed E-state index contributed by atoms with van der Waals surface area (Å²) in [7, 11) is -1.66. The van der Waals surface area contributed by atoms with Crippen LogP contribution in [0.15, 0.2) is 29.2 Å². The molecule has 2 rings (SSSR count). The lowest BCUT2D eigenvalue weighted by Gasteiger charge is -2.28. The Labute approximate surface area is 120 Å². The SMILES string of the molecule is CNCc1ccc(S(=O)(=O)NC2(C)CCOC2C)cc1. The minimum Gasteiger partial charge on any atom is -0.376 e. The minimum atomic E-state index is -3.52. The van der Waals surface area contributed by atoms with Gasteiger partial charge in [-0.15, -0.1) is 0 Å². The molecule has 20 heavy (non-hydrogen) atoms. The van der Waals surface area contributed by atoms with Crippen LogP contribution in [0.1, 0.15) is 25.8 Å². The third-order valence-corrected chi connectivity index (χ3v) is 5.50. The molecule has 6 heteroatoms. The zero-order valence-corrected chi connectivity index (χ0v) is 13.0. The normalized spacial score (nSPS) is 26.9. The Balaban J connectivity index is 2.18. The van der Waals surface area contributed by atoms with E-state index < -0.39 is 15.6 Å². The molecule has 0 bridgehead atoms. The van der Waals surface area contributed by atoms with Crippen molar-refractivity contribution in [2.24, 2.45) is 0 Å². The molecule has 2 unspecified atom stereocenters. The fourth-order valence-electron chi connectivity index (χ4n) is 2.33. The lowest BCUT2D eigenvalue weighted by atomic mass is 9.97. The van der Waals surface area contributed by atoms with E-state index in [0.29, 0.717) is 13.0 Å². The summed E-state index contributed by atoms with van der Waals surface area (Å²) in [5, 5.41) is 3.03. The molecule has 112 valence electrons. The van der Waals surface area contributed by atoms with Crippen molar-refractivity contribution in [2.45, 2.75) is 43.4 Å². The Hall–Kier alpha value is -0.950. The predicted octanol–water partition coefficient (Wildman–Crippen LogP) is 1.25. The van der Waals surface area contributed by atoms with Crippen molar-refractivity contribution in [3.05, 3.63) is 29.8 Å². The first-order valence-electron chi connectivity index (χ1n) is 6.76. The van der Waals surface area contributed by atoms with Gasteiger partial charge in [0, 0.05) is 13.2 Å². The van der Waals surface area contributed by atoms with Crippen LogP contribution in [0.5, 0.6) is 0 Å². The van der Waals surface area contributed by atoms with Crippen molar-refractivity contribution in [1.29, 1.82) is 0 Å². The Bertz CT molecular complexity index is 556. The van der Waals surface area contributed by atoms with Gasteiger partial charge in [0.05, 0.1) is 16.5 Å². The number of nitrogens with one attached hydrogen (secondary N) is 2. The quantitative estimate of drug-likeness (QED) is 0.858. The first-order valence-corrected chi connectivity index (χ1v) is 8.25. The van der Waals surface area contributed by atoms with Gasteiger partial charge in [0.2, 0.25) is 10.0 Å². The largest absolute Gasteiger partial charge is 0.376 e. The van der Waals surface area contributed by atoms with Gasteiger partial charge in [-0.3, -0.25) is 0 Å². The standard InChI is InChI=1S/C14H22N2O3S/c1-11-14(2,8-9-19-11)16-20(17,18)13-6-4-12(5-7-13)10-15-3/h4-7,11,15-16H,8-10H2,1-3H3. The van der Waals surface area contributed by atoms with Gasteiger partial charge in [-0.25, -0.2) is 13.1 Å². The molecule has 5 nitrogen and oxygen atoms in total. The number of ether oxygens (including phenoxy) is 1. The summed E-state index contributed by atoms with van der Waals surface area (Å²) >= 11 is 0. The maximum Gasteiger partial charge on any atom is 0.241 e. The Kier molecular flexibility index (Phi) is 4.49. The first-order chi connectivity index (χ1) is 9.37. The van der Waals surface area contributed by atoms with Crippen molar-refractivity contribution in [3.63, 3.8) is 0 Å². The van der Waals surface area contributed by atoms with Gasteiger partial charge in [-0.05, 0) is 45.0 Å². The molecule has 1 aliphatic heterocycles. The van der Waals surface area contributed by atoms with Crippen LogP contribution in [0.25, 0.3) is 0 Å². The molecule has 2 N–H and O–H groups in total. The molecule has 2 atom stereocenters. The van der Waals surface area contributed by atoms with E-state index in [1.165, 1.54) is 0 Å². The van der Waals surface area contributed by atoms with Gasteiger partial charge in [-0.2, -0.15) is 0 Å². The van der Waals surface area contributed by atoms with E-state index in [-0.39, 0.29) is 11.0 Å². The van der Waals surface area contributed by atoms with Crippen molar-refractivity contribution in [3.8, 4) is 0 Å². The summed E-state index contributed by atoms with van der Waals surface area (Å²) < 4.78 is 33.1. The molecular weight excluding hydrogens is 276 g/mol. The van der Waals surface area contributed by atoms with Crippen LogP contribution in [-0.4, -0.2) is 33.7 Å². The van der Waals surface area contributed by atoms with E-state index in [1.807, 2.05) is 33.0 Å². The van der Waals surface area contributed by atoms with Gasteiger partial charge >= 0.3 is 0 Å². The van der Waals surface area contributed by atoms with E-state index >= 15 is 0 Å². The molecule has 1 aliphatic rings. The van der Waals surface area contributed by atoms with Crippen LogP contribution in [0, 0.1) is 0 Å². The molecule has 1 aromatic rings. The average molecular weight is 298 g/mol. The number of sulfonamides is 1. The summed E-state index contributed by atoms with van der Waals surface area (Å²) in [6, 6.07) is 6.92. The molecule has 1 heterocycles. The highest BCUT2D eigenvalue weighted by molar-refractivity contribution is 7.89. The summed E-state index contributed by atoms with van der Waals surface area (Å²) in [4.78, 5) is 0.290. The molecule has 0 radical (unpaired) electrons. The Morgan fingerprint density at radius 2 is 2.00 bits per heavy atom. The fourth-order valence-corrected chi connectivity index (χ4v) is 3.82. The Morgan fingerprint density at radius 3 is 2.50 bits per heavy atom. The van der Waals surface area contributed by atoms with Crippen molar-refractivity contribution >= 4 is 10.0 Å². The molecular formula is C14H22N2O3S. The number of hydrogen-bond acceptors (Lipinski definition) is 4. The van der Waals surface area contributed by atoms with Gasteiger partial charge in [0.15, 0.2) is 0 Å². The second-order valence-corrected chi connectivity index (χ2v) is 7.14. The van der Waals surface area contributed by atoms with E-state index in [0.717, 1.165) is 12.1 Å². The first kappa shape index (κ1) is 15.4. The monoisotopic (exact) mass is 298 g/mol. The second-order valence-electron chi connectivity index (χ2n) is 5.46. The second kappa shape index (κ2) is 5.81. The van der Waals surface area contributed by atoms with Crippen LogP contribution in [0.4, 0.5) is 0 Å². The number of rotatable bonds is 5. The molecule has 1 saturated heterocycles. The molecule has 0 aromatic heterocycles. The van der Waals surface area contributed by atoms with Gasteiger partial charge < -0.3 is 10.1 Å². The van der Waals surface area contributed by atoms with Crippen molar-refractivity contribution in [2.75, 3.05) is 13.7 Å². The number of benzene rings is 1. The topological polar surface area (TPSA) is 67.4 Å². The predicted molar refractivity (Wildman–Crippen MR) is 78.0 cm³/mol. The van der Waals surface area contributed by atoms with Gasteiger partial charge in [0.1, 0.15) is 0 Å². The molecule has 0 spiro atoms. The zero-order valence-electron chi connectivity index (χ0n) is 12.1. The van der Waals surface area contributed by atoms with Crippen LogP contribution in [0.3, 0.4) is 0 Å². The van der Waals surface area contributed by atoms with Crippen LogP contribution in [-0.2, 0) is 21.3 Å². The maximum atomic E-state index is 12.4. The molecule has 0 aliphatic carbocycles. The fraction of sp³-hybridized carbons (Fsp3) is 0.571. The zero-order chi connectivity index (χ0) is 14.8. The van der Waals surface area contributed by atoms with E-state index in [1.54, 1.807) is 12.1 Å². The van der Waals surface area contributed by atoms with E-state index in [2.05, 4.69) is 10.0 Å². The van der Waals surface area contributed by atoms with Crippen molar-refractivity contribution in [1.82, 2.24) is 10.0 Å². The lowest BCUT2D eigenvalue weighted by Crippen LogP contribution is -2.50. The van der Waals surface area contributed by atoms with Crippen LogP contribution < -0.4 is 10.0 Å². The highest BCUT2D eigenvalue weighted by Gasteiger charge is 2.40. The lowest BCUT2D eigenvalue weighted by molar-refractivity contribution is 0.0957. The number of hydrogen-bond donors (Lipinski definition) is 2. The van der Waals surface area contributed by atoms with Gasteiger partial charge in [-0.1, -0.05) is 12.1 Å². The summed E-state index contributed by atoms with van der Waals surface area (Å²) in [5.41, 5.74) is 0.512. The Morgan fingerprint density at radius 1 is 1.35 bits per heavy atom. The third kappa shape index (κ3) is 3.20. The van der Waals surface area contributed by atoms with Crippen molar-refractivity contribution < 1.29 is 13.2 Å². The minimum absolute atomic E-state index is 0.124. The molecule has 0 saturated carbocycles. The average Bonchev–Trinajstić information content (AvgIpc) is 2.69. The third-order valence-electron chi connectivity index (χ3n) is 3.87.